The first-order valence-electron chi connectivity index (χ1n) is 37.2. The van der Waals surface area contributed by atoms with Crippen LogP contribution >= 0.6 is 0 Å². The number of hydrogen-bond acceptors (Lipinski definition) is 22. The molecule has 0 radical (unpaired) electrons. The standard InChI is InChI=1S/C28H29F4N7O2.C27H28FN7O3.C26H29FN8O2/c1-16-12-19-21(36-16)6-7-22(24(19)29)41-27-23(26(40)33-2)25(34-15-35-27)37-18-5-4-17(20(13-18)28(30,31)32)14-39-10-8-38(3)9-11-39;1-16-14-19-20(32-16)8-9-21(23(19)28)38-26-22(25(36)29-2)24(30-15-31-26)33-18-6-4-17(5-7-18)27(37)35-12-10-34(3)11-13-35;1-16-12-18-19(32-16)5-6-20(23(18)27)37-26-22(25(36)28-2)24(30-15-31-26)33-21-7-4-17(13-29-21)14-35-10-8-34(3)9-11-35/h4-7,12-13,15,36H,8-11,14H2,1-3H3,(H,33,40)(H,34,35,37);4-9,14-15,32H,10-13H2,1-3H3,(H,29,36)(H,30,31,33);4-7,12-13,15,32H,8-11,14H2,1-3H3,(H,28,36)(H,29,30,31,33). The normalized spacial score (nSPS) is 14.5. The van der Waals surface area contributed by atoms with E-state index >= 15 is 13.2 Å². The van der Waals surface area contributed by atoms with Gasteiger partial charge in [-0.1, -0.05) is 12.1 Å². The van der Waals surface area contributed by atoms with Gasteiger partial charge in [-0.2, -0.15) is 13.2 Å². The Morgan fingerprint density at radius 2 is 0.828 bits per heavy atom. The molecule has 0 unspecified atom stereocenters. The van der Waals surface area contributed by atoms with Crippen molar-refractivity contribution in [3.05, 3.63) is 208 Å². The summed E-state index contributed by atoms with van der Waals surface area (Å²) in [6.07, 6.45) is 0.764. The molecule has 35 heteroatoms. The molecule has 116 heavy (non-hydrogen) atoms. The number of aromatic amines is 3. The zero-order valence-electron chi connectivity index (χ0n) is 65.0. The molecule has 9 N–H and O–H groups in total. The number of amides is 4. The summed E-state index contributed by atoms with van der Waals surface area (Å²) in [6.45, 7) is 16.6. The van der Waals surface area contributed by atoms with E-state index in [9.17, 15) is 32.3 Å². The van der Waals surface area contributed by atoms with E-state index in [1.54, 1.807) is 67.6 Å². The molecule has 29 nitrogen and oxygen atoms in total. The van der Waals surface area contributed by atoms with Crippen LogP contribution in [-0.2, 0) is 19.3 Å². The third-order valence-electron chi connectivity index (χ3n) is 19.9. The minimum atomic E-state index is -4.60. The summed E-state index contributed by atoms with van der Waals surface area (Å²) in [4.78, 5) is 103. The van der Waals surface area contributed by atoms with Crippen molar-refractivity contribution in [2.24, 2.45) is 0 Å². The number of ether oxygens (including phenoxy) is 3. The molecule has 3 aliphatic rings. The fourth-order valence-electron chi connectivity index (χ4n) is 13.5. The van der Waals surface area contributed by atoms with E-state index in [0.717, 1.165) is 93.9 Å². The van der Waals surface area contributed by atoms with E-state index < -0.39 is 46.9 Å². The van der Waals surface area contributed by atoms with Crippen LogP contribution in [0, 0.1) is 38.2 Å². The van der Waals surface area contributed by atoms with Crippen molar-refractivity contribution in [2.45, 2.75) is 40.0 Å². The molecular weight excluding hydrogens is 1510 g/mol. The van der Waals surface area contributed by atoms with Crippen molar-refractivity contribution in [1.29, 1.82) is 0 Å². The van der Waals surface area contributed by atoms with Crippen LogP contribution < -0.4 is 46.1 Å². The van der Waals surface area contributed by atoms with Crippen molar-refractivity contribution in [1.82, 2.24) is 95.2 Å². The van der Waals surface area contributed by atoms with Gasteiger partial charge in [0.15, 0.2) is 52.2 Å². The lowest BCUT2D eigenvalue weighted by molar-refractivity contribution is -0.138. The van der Waals surface area contributed by atoms with Gasteiger partial charge in [0.25, 0.3) is 23.6 Å². The van der Waals surface area contributed by atoms with Crippen LogP contribution in [0.15, 0.2) is 134 Å². The number of aryl methyl sites for hydroxylation is 3. The summed E-state index contributed by atoms with van der Waals surface area (Å²) in [6, 6.07) is 29.1. The number of halogens is 6. The number of aromatic nitrogens is 10. The second-order valence-corrected chi connectivity index (χ2v) is 28.3. The van der Waals surface area contributed by atoms with Gasteiger partial charge in [-0.3, -0.25) is 29.0 Å². The first kappa shape index (κ1) is 81.2. The van der Waals surface area contributed by atoms with Crippen LogP contribution in [0.4, 0.5) is 61.0 Å². The number of carbonyl (C=O) groups is 4. The molecule has 3 aliphatic heterocycles. The Morgan fingerprint density at radius 3 is 1.22 bits per heavy atom. The molecule has 604 valence electrons. The molecule has 4 amide bonds. The van der Waals surface area contributed by atoms with Crippen LogP contribution in [-0.4, -0.2) is 224 Å². The van der Waals surface area contributed by atoms with E-state index in [1.807, 2.05) is 56.1 Å². The fourth-order valence-corrected chi connectivity index (χ4v) is 13.5. The molecule has 5 aromatic carbocycles. The van der Waals surface area contributed by atoms with E-state index in [-0.39, 0.29) is 92.7 Å². The number of H-pyrrole nitrogens is 3. The molecule has 0 spiro atoms. The third-order valence-corrected chi connectivity index (χ3v) is 19.9. The predicted octanol–water partition coefficient (Wildman–Crippen LogP) is 12.2. The van der Waals surface area contributed by atoms with Gasteiger partial charge in [0.1, 0.15) is 41.5 Å². The van der Waals surface area contributed by atoms with Gasteiger partial charge in [0, 0.05) is 186 Å². The summed E-state index contributed by atoms with van der Waals surface area (Å²) >= 11 is 0. The Morgan fingerprint density at radius 1 is 0.440 bits per heavy atom. The van der Waals surface area contributed by atoms with Crippen molar-refractivity contribution < 1.29 is 59.7 Å². The number of benzene rings is 5. The Kier molecular flexibility index (Phi) is 25.0. The minimum Gasteiger partial charge on any atom is -0.435 e. The van der Waals surface area contributed by atoms with E-state index in [4.69, 9.17) is 14.2 Å². The van der Waals surface area contributed by atoms with Crippen LogP contribution in [0.1, 0.15) is 75.2 Å². The highest BCUT2D eigenvalue weighted by atomic mass is 19.4. The number of anilines is 6. The number of fused-ring (bicyclic) bond motifs is 3. The van der Waals surface area contributed by atoms with Gasteiger partial charge in [0.2, 0.25) is 17.6 Å². The van der Waals surface area contributed by atoms with Gasteiger partial charge in [-0.05, 0) is 150 Å². The van der Waals surface area contributed by atoms with Crippen LogP contribution in [0.3, 0.4) is 0 Å². The van der Waals surface area contributed by atoms with Gasteiger partial charge in [0.05, 0.1) is 5.56 Å². The predicted molar refractivity (Wildman–Crippen MR) is 426 cm³/mol. The highest BCUT2D eigenvalue weighted by Gasteiger charge is 2.35. The Hall–Kier alpha value is -12.8. The number of alkyl halides is 3. The van der Waals surface area contributed by atoms with Crippen molar-refractivity contribution in [3.8, 4) is 34.9 Å². The molecule has 12 aromatic rings. The Bertz CT molecular complexity index is 5570. The third kappa shape index (κ3) is 19.0. The number of pyridine rings is 1. The summed E-state index contributed by atoms with van der Waals surface area (Å²) in [5.74, 6) is -3.44. The molecule has 3 fully saturated rings. The maximum absolute atomic E-state index is 15.2. The molecule has 0 aliphatic carbocycles. The average molecular weight is 1590 g/mol. The number of nitrogens with zero attached hydrogens (tertiary/aromatic N) is 13. The first-order chi connectivity index (χ1) is 55.8. The highest BCUT2D eigenvalue weighted by molar-refractivity contribution is 6.03. The lowest BCUT2D eigenvalue weighted by Crippen LogP contribution is -2.47. The van der Waals surface area contributed by atoms with Crippen LogP contribution in [0.2, 0.25) is 0 Å². The number of rotatable bonds is 20. The Balaban J connectivity index is 0.000000152. The molecule has 0 saturated carbocycles. The number of carbonyl (C=O) groups excluding carboxylic acids is 4. The van der Waals surface area contributed by atoms with Gasteiger partial charge in [-0.15, -0.1) is 0 Å². The second kappa shape index (κ2) is 35.7. The first-order valence-corrected chi connectivity index (χ1v) is 37.2. The van der Waals surface area contributed by atoms with Crippen molar-refractivity contribution in [3.63, 3.8) is 0 Å². The lowest BCUT2D eigenvalue weighted by atomic mass is 10.0. The summed E-state index contributed by atoms with van der Waals surface area (Å²) in [5, 5.41) is 17.6. The van der Waals surface area contributed by atoms with Crippen molar-refractivity contribution in [2.75, 3.05) is 137 Å². The van der Waals surface area contributed by atoms with E-state index in [1.165, 1.54) is 64.1 Å². The monoisotopic (exact) mass is 1590 g/mol. The zero-order valence-corrected chi connectivity index (χ0v) is 65.0. The van der Waals surface area contributed by atoms with Crippen molar-refractivity contribution >= 4 is 91.0 Å². The van der Waals surface area contributed by atoms with E-state index in [0.29, 0.717) is 76.0 Å². The average Bonchev–Trinajstić information content (AvgIpc) is 1.45. The largest absolute Gasteiger partial charge is 0.435 e. The number of piperazine rings is 3. The van der Waals surface area contributed by atoms with Crippen LogP contribution in [0.25, 0.3) is 32.7 Å². The van der Waals surface area contributed by atoms with Gasteiger partial charge >= 0.3 is 6.18 Å². The molecule has 3 saturated heterocycles. The summed E-state index contributed by atoms with van der Waals surface area (Å²) in [5.41, 5.74) is 5.80. The number of likely N-dealkylation sites (N-methyl/N-ethyl adjacent to an activating group) is 3. The minimum absolute atomic E-state index is 0.0114. The van der Waals surface area contributed by atoms with E-state index in [2.05, 4.69) is 108 Å². The number of hydrogen-bond donors (Lipinski definition) is 9. The summed E-state index contributed by atoms with van der Waals surface area (Å²) < 4.78 is 105. The van der Waals surface area contributed by atoms with Gasteiger partial charge < -0.3 is 80.7 Å². The SMILES string of the molecule is CNC(=O)c1c(Nc2ccc(C(=O)N3CCN(C)CC3)cc2)ncnc1Oc1ccc2[nH]c(C)cc2c1F.CNC(=O)c1c(Nc2ccc(CN3CCN(C)CC3)c(C(F)(F)F)c2)ncnc1Oc1ccc2[nH]c(C)cc2c1F.CNC(=O)c1c(Nc2ccc(CN3CCN(C)CC3)cn2)ncnc1Oc1ccc2[nH]c(C)cc2c1F. The summed E-state index contributed by atoms with van der Waals surface area (Å²) in [7, 11) is 10.5. The number of nitrogens with one attached hydrogen (secondary N) is 9. The molecule has 15 rings (SSSR count). The topological polar surface area (TPSA) is 325 Å². The smallest absolute Gasteiger partial charge is 0.416 e. The maximum Gasteiger partial charge on any atom is 0.416 e. The fraction of sp³-hybridized carbons (Fsp3) is 0.296. The van der Waals surface area contributed by atoms with Gasteiger partial charge in [-0.25, -0.2) is 48.1 Å². The quantitative estimate of drug-likeness (QED) is 0.0320. The second-order valence-electron chi connectivity index (χ2n) is 28.3. The molecule has 0 atom stereocenters. The highest BCUT2D eigenvalue weighted by Crippen LogP contribution is 2.40. The molecule has 0 bridgehead atoms. The Labute approximate surface area is 662 Å². The molecular formula is C81H86F6N22O7. The lowest BCUT2D eigenvalue weighted by Gasteiger charge is -2.33. The molecule has 7 aromatic heterocycles. The maximum atomic E-state index is 15.2. The zero-order chi connectivity index (χ0) is 82.1. The van der Waals surface area contributed by atoms with Crippen LogP contribution in [0.5, 0.6) is 34.9 Å². The molecule has 10 heterocycles.